The summed E-state index contributed by atoms with van der Waals surface area (Å²) in [5.74, 6) is 0.760. The molecule has 0 aliphatic heterocycles. The van der Waals surface area contributed by atoms with Crippen LogP contribution in [0.15, 0.2) is 58.5 Å². The summed E-state index contributed by atoms with van der Waals surface area (Å²) in [6, 6.07) is 14.8. The van der Waals surface area contributed by atoms with Crippen molar-refractivity contribution in [3.05, 3.63) is 64.4 Å². The van der Waals surface area contributed by atoms with E-state index >= 15 is 0 Å². The minimum atomic E-state index is -0.351. The first kappa shape index (κ1) is 18.7. The Morgan fingerprint density at radius 2 is 1.93 bits per heavy atom. The number of ketones is 1. The molecule has 1 aromatic heterocycles. The van der Waals surface area contributed by atoms with Crippen molar-refractivity contribution in [3.8, 4) is 5.75 Å². The van der Waals surface area contributed by atoms with E-state index in [-0.39, 0.29) is 22.6 Å². The summed E-state index contributed by atoms with van der Waals surface area (Å²) in [5.41, 5.74) is 1.29. The SMILES string of the molecule is CCOc1ccc(C(=O)[C@H](C)Sc2nc3ccccc3c(=O)n2C2CC2)cc1. The Morgan fingerprint density at radius 1 is 1.21 bits per heavy atom. The highest BCUT2D eigenvalue weighted by Gasteiger charge is 2.30. The summed E-state index contributed by atoms with van der Waals surface area (Å²) in [6.07, 6.45) is 1.96. The highest BCUT2D eigenvalue weighted by Crippen LogP contribution is 2.38. The number of fused-ring (bicyclic) bond motifs is 1. The minimum Gasteiger partial charge on any atom is -0.494 e. The summed E-state index contributed by atoms with van der Waals surface area (Å²) in [7, 11) is 0. The van der Waals surface area contributed by atoms with Crippen LogP contribution in [0.25, 0.3) is 10.9 Å². The Kier molecular flexibility index (Phi) is 5.22. The lowest BCUT2D eigenvalue weighted by Crippen LogP contribution is -2.24. The summed E-state index contributed by atoms with van der Waals surface area (Å²) in [5, 5.41) is 0.901. The molecule has 0 radical (unpaired) electrons. The van der Waals surface area contributed by atoms with Crippen molar-refractivity contribution < 1.29 is 9.53 Å². The molecular weight excluding hydrogens is 372 g/mol. The first-order chi connectivity index (χ1) is 13.6. The number of carbonyl (C=O) groups is 1. The molecule has 1 fully saturated rings. The molecule has 0 bridgehead atoms. The van der Waals surface area contributed by atoms with Gasteiger partial charge in [0, 0.05) is 11.6 Å². The maximum absolute atomic E-state index is 13.0. The topological polar surface area (TPSA) is 61.2 Å². The molecule has 0 saturated heterocycles. The first-order valence-corrected chi connectivity index (χ1v) is 10.4. The van der Waals surface area contributed by atoms with E-state index in [1.54, 1.807) is 16.7 Å². The Labute approximate surface area is 167 Å². The fourth-order valence-electron chi connectivity index (χ4n) is 3.19. The lowest BCUT2D eigenvalue weighted by atomic mass is 10.1. The van der Waals surface area contributed by atoms with Crippen LogP contribution in [0, 0.1) is 0 Å². The number of hydrogen-bond donors (Lipinski definition) is 0. The van der Waals surface area contributed by atoms with E-state index in [0.717, 1.165) is 18.6 Å². The van der Waals surface area contributed by atoms with Crippen LogP contribution in [-0.4, -0.2) is 27.2 Å². The molecule has 1 atom stereocenters. The second kappa shape index (κ2) is 7.80. The second-order valence-corrected chi connectivity index (χ2v) is 8.21. The smallest absolute Gasteiger partial charge is 0.262 e. The molecule has 4 rings (SSSR count). The summed E-state index contributed by atoms with van der Waals surface area (Å²) in [4.78, 5) is 30.6. The molecule has 6 heteroatoms. The standard InChI is InChI=1S/C22H22N2O3S/c1-3-27-17-12-8-15(9-13-17)20(25)14(2)28-22-23-19-7-5-4-6-18(19)21(26)24(22)16-10-11-16/h4-9,12-14,16H,3,10-11H2,1-2H3/t14-/m0/s1. The van der Waals surface area contributed by atoms with Crippen molar-refractivity contribution in [2.24, 2.45) is 0 Å². The Bertz CT molecular complexity index is 1070. The molecule has 28 heavy (non-hydrogen) atoms. The molecule has 0 N–H and O–H groups in total. The molecule has 0 unspecified atom stereocenters. The van der Waals surface area contributed by atoms with Crippen molar-refractivity contribution in [3.63, 3.8) is 0 Å². The van der Waals surface area contributed by atoms with Crippen molar-refractivity contribution in [2.45, 2.75) is 43.1 Å². The van der Waals surface area contributed by atoms with Gasteiger partial charge in [-0.15, -0.1) is 0 Å². The molecule has 1 aliphatic carbocycles. The third-order valence-corrected chi connectivity index (χ3v) is 5.86. The fourth-order valence-corrected chi connectivity index (χ4v) is 4.25. The molecule has 0 spiro atoms. The Balaban J connectivity index is 1.62. The number of aromatic nitrogens is 2. The lowest BCUT2D eigenvalue weighted by molar-refractivity contribution is 0.0993. The van der Waals surface area contributed by atoms with Crippen LogP contribution in [0.1, 0.15) is 43.1 Å². The number of Topliss-reactive ketones (excluding diaryl/α,β-unsaturated/α-hetero) is 1. The van der Waals surface area contributed by atoms with Crippen LogP contribution in [0.5, 0.6) is 5.75 Å². The highest BCUT2D eigenvalue weighted by atomic mass is 32.2. The minimum absolute atomic E-state index is 0.0119. The van der Waals surface area contributed by atoms with Crippen LogP contribution in [-0.2, 0) is 0 Å². The predicted molar refractivity (Wildman–Crippen MR) is 112 cm³/mol. The highest BCUT2D eigenvalue weighted by molar-refractivity contribution is 8.00. The van der Waals surface area contributed by atoms with E-state index in [4.69, 9.17) is 9.72 Å². The molecular formula is C22H22N2O3S. The molecule has 0 amide bonds. The van der Waals surface area contributed by atoms with Gasteiger partial charge in [0.25, 0.3) is 5.56 Å². The van der Waals surface area contributed by atoms with E-state index in [2.05, 4.69) is 0 Å². The van der Waals surface area contributed by atoms with Gasteiger partial charge in [-0.25, -0.2) is 4.98 Å². The van der Waals surface area contributed by atoms with Gasteiger partial charge in [0.1, 0.15) is 5.75 Å². The van der Waals surface area contributed by atoms with Crippen LogP contribution in [0.3, 0.4) is 0 Å². The van der Waals surface area contributed by atoms with Gasteiger partial charge in [0.05, 0.1) is 22.8 Å². The van der Waals surface area contributed by atoms with Crippen molar-refractivity contribution in [1.29, 1.82) is 0 Å². The third-order valence-electron chi connectivity index (χ3n) is 4.79. The average molecular weight is 394 g/mol. The second-order valence-electron chi connectivity index (χ2n) is 6.90. The van der Waals surface area contributed by atoms with Gasteiger partial charge in [-0.1, -0.05) is 23.9 Å². The zero-order valence-electron chi connectivity index (χ0n) is 15.9. The first-order valence-electron chi connectivity index (χ1n) is 9.53. The van der Waals surface area contributed by atoms with E-state index in [1.807, 2.05) is 50.2 Å². The van der Waals surface area contributed by atoms with Gasteiger partial charge in [-0.2, -0.15) is 0 Å². The molecule has 1 saturated carbocycles. The molecule has 3 aromatic rings. The third kappa shape index (κ3) is 3.69. The number of hydrogen-bond acceptors (Lipinski definition) is 5. The molecule has 1 heterocycles. The predicted octanol–water partition coefficient (Wildman–Crippen LogP) is 4.49. The van der Waals surface area contributed by atoms with Crippen LogP contribution >= 0.6 is 11.8 Å². The van der Waals surface area contributed by atoms with Crippen LogP contribution in [0.2, 0.25) is 0 Å². The number of carbonyl (C=O) groups excluding carboxylic acids is 1. The molecule has 144 valence electrons. The maximum atomic E-state index is 13.0. The van der Waals surface area contributed by atoms with Crippen molar-refractivity contribution in [2.75, 3.05) is 6.61 Å². The van der Waals surface area contributed by atoms with Gasteiger partial charge < -0.3 is 4.74 Å². The van der Waals surface area contributed by atoms with Crippen LogP contribution < -0.4 is 10.3 Å². The van der Waals surface area contributed by atoms with Gasteiger partial charge in [-0.05, 0) is 63.1 Å². The van der Waals surface area contributed by atoms with Gasteiger partial charge in [-0.3, -0.25) is 14.2 Å². The summed E-state index contributed by atoms with van der Waals surface area (Å²) < 4.78 is 7.21. The number of nitrogens with zero attached hydrogens (tertiary/aromatic N) is 2. The largest absolute Gasteiger partial charge is 0.494 e. The summed E-state index contributed by atoms with van der Waals surface area (Å²) >= 11 is 1.36. The van der Waals surface area contributed by atoms with E-state index in [1.165, 1.54) is 11.8 Å². The monoisotopic (exact) mass is 394 g/mol. The maximum Gasteiger partial charge on any atom is 0.262 e. The molecule has 5 nitrogen and oxygen atoms in total. The number of thioether (sulfide) groups is 1. The zero-order valence-corrected chi connectivity index (χ0v) is 16.7. The summed E-state index contributed by atoms with van der Waals surface area (Å²) in [6.45, 7) is 4.38. The number of rotatable bonds is 7. The number of para-hydroxylation sites is 1. The quantitative estimate of drug-likeness (QED) is 0.336. The molecule has 1 aliphatic rings. The Morgan fingerprint density at radius 3 is 2.61 bits per heavy atom. The van der Waals surface area contributed by atoms with E-state index in [0.29, 0.717) is 28.2 Å². The normalized spacial score (nSPS) is 14.8. The van der Waals surface area contributed by atoms with Crippen LogP contribution in [0.4, 0.5) is 0 Å². The van der Waals surface area contributed by atoms with Crippen molar-refractivity contribution >= 4 is 28.4 Å². The number of benzene rings is 2. The van der Waals surface area contributed by atoms with E-state index < -0.39 is 0 Å². The van der Waals surface area contributed by atoms with Gasteiger partial charge in [0.2, 0.25) is 0 Å². The van der Waals surface area contributed by atoms with Gasteiger partial charge >= 0.3 is 0 Å². The Hall–Kier alpha value is -2.60. The van der Waals surface area contributed by atoms with Gasteiger partial charge in [0.15, 0.2) is 10.9 Å². The average Bonchev–Trinajstić information content (AvgIpc) is 3.53. The molecule has 2 aromatic carbocycles. The fraction of sp³-hybridized carbons (Fsp3) is 0.318. The van der Waals surface area contributed by atoms with Crippen molar-refractivity contribution in [1.82, 2.24) is 9.55 Å². The van der Waals surface area contributed by atoms with E-state index in [9.17, 15) is 9.59 Å². The zero-order chi connectivity index (χ0) is 19.7. The lowest BCUT2D eigenvalue weighted by Gasteiger charge is -2.15. The number of ether oxygens (including phenoxy) is 1.